The van der Waals surface area contributed by atoms with Crippen LogP contribution in [0.15, 0.2) is 30.3 Å². The van der Waals surface area contributed by atoms with Gasteiger partial charge in [0.15, 0.2) is 11.9 Å². The highest BCUT2D eigenvalue weighted by Gasteiger charge is 2.37. The quantitative estimate of drug-likeness (QED) is 0.603. The lowest BCUT2D eigenvalue weighted by Crippen LogP contribution is -2.42. The number of aromatic nitrogens is 4. The van der Waals surface area contributed by atoms with Crippen LogP contribution >= 0.6 is 0 Å². The molecule has 4 rings (SSSR count). The van der Waals surface area contributed by atoms with E-state index in [0.717, 1.165) is 31.5 Å². The number of hydrogen-bond donors (Lipinski definition) is 1. The Hall–Kier alpha value is -3.00. The van der Waals surface area contributed by atoms with Crippen molar-refractivity contribution < 1.29 is 14.6 Å². The summed E-state index contributed by atoms with van der Waals surface area (Å²) >= 11 is 0. The van der Waals surface area contributed by atoms with Gasteiger partial charge in [0.1, 0.15) is 5.82 Å². The highest BCUT2D eigenvalue weighted by atomic mass is 16.5. The molecule has 1 N–H and O–H groups in total. The number of carbonyl (C=O) groups is 1. The van der Waals surface area contributed by atoms with E-state index in [-0.39, 0.29) is 5.41 Å². The average Bonchev–Trinajstić information content (AvgIpc) is 3.14. The summed E-state index contributed by atoms with van der Waals surface area (Å²) in [5.41, 5.74) is 1.44. The number of fused-ring (bicyclic) bond motifs is 1. The molecule has 3 heterocycles. The highest BCUT2D eigenvalue weighted by Crippen LogP contribution is 2.38. The van der Waals surface area contributed by atoms with Crippen molar-refractivity contribution in [1.82, 2.24) is 19.6 Å². The number of anilines is 1. The van der Waals surface area contributed by atoms with Gasteiger partial charge >= 0.3 is 5.97 Å². The largest absolute Gasteiger partial charge is 0.479 e. The first kappa shape index (κ1) is 23.2. The van der Waals surface area contributed by atoms with Crippen molar-refractivity contribution in [2.75, 3.05) is 18.0 Å². The predicted molar refractivity (Wildman–Crippen MR) is 127 cm³/mol. The van der Waals surface area contributed by atoms with E-state index in [1.165, 1.54) is 0 Å². The minimum atomic E-state index is -1.17. The van der Waals surface area contributed by atoms with Gasteiger partial charge in [-0.2, -0.15) is 9.50 Å². The van der Waals surface area contributed by atoms with Gasteiger partial charge in [-0.05, 0) is 46.0 Å². The average molecular weight is 452 g/mol. The maximum Gasteiger partial charge on any atom is 0.337 e. The van der Waals surface area contributed by atoms with Crippen LogP contribution in [0.1, 0.15) is 64.8 Å². The first-order valence-electron chi connectivity index (χ1n) is 11.4. The molecule has 8 heteroatoms. The van der Waals surface area contributed by atoms with E-state index in [9.17, 15) is 9.90 Å². The molecule has 176 valence electrons. The molecule has 8 nitrogen and oxygen atoms in total. The fourth-order valence-corrected chi connectivity index (χ4v) is 4.52. The van der Waals surface area contributed by atoms with Gasteiger partial charge in [-0.15, -0.1) is 5.10 Å². The first-order chi connectivity index (χ1) is 15.5. The second kappa shape index (κ2) is 8.41. The zero-order valence-corrected chi connectivity index (χ0v) is 20.3. The SMILES string of the molecule is Cc1nc2nc(-c3ccccc3)nn2c(N2CCCC(C)(C)C2)c1C(OC(C)(C)C)C(=O)O. The van der Waals surface area contributed by atoms with Crippen LogP contribution in [-0.4, -0.2) is 49.3 Å². The number of ether oxygens (including phenoxy) is 1. The van der Waals surface area contributed by atoms with Crippen molar-refractivity contribution in [2.45, 2.75) is 66.1 Å². The van der Waals surface area contributed by atoms with E-state index in [4.69, 9.17) is 9.84 Å². The number of benzene rings is 1. The lowest BCUT2D eigenvalue weighted by atomic mass is 9.84. The van der Waals surface area contributed by atoms with Crippen LogP contribution in [0.3, 0.4) is 0 Å². The fraction of sp³-hybridized carbons (Fsp3) is 0.520. The van der Waals surface area contributed by atoms with Gasteiger partial charge in [0.2, 0.25) is 0 Å². The van der Waals surface area contributed by atoms with Crippen molar-refractivity contribution in [2.24, 2.45) is 5.41 Å². The van der Waals surface area contributed by atoms with Gasteiger partial charge in [0.25, 0.3) is 5.78 Å². The molecule has 1 saturated heterocycles. The summed E-state index contributed by atoms with van der Waals surface area (Å²) in [5, 5.41) is 15.0. The third-order valence-corrected chi connectivity index (χ3v) is 5.88. The molecule has 2 aromatic heterocycles. The number of rotatable bonds is 5. The Labute approximate surface area is 194 Å². The lowest BCUT2D eigenvalue weighted by Gasteiger charge is -2.40. The molecular formula is C25H33N5O3. The van der Waals surface area contributed by atoms with Crippen LogP contribution in [0.2, 0.25) is 0 Å². The second-order valence-electron chi connectivity index (χ2n) is 10.6. The Kier molecular flexibility index (Phi) is 5.90. The summed E-state index contributed by atoms with van der Waals surface area (Å²) in [4.78, 5) is 24.0. The predicted octanol–water partition coefficient (Wildman–Crippen LogP) is 4.67. The third-order valence-electron chi connectivity index (χ3n) is 5.88. The van der Waals surface area contributed by atoms with Crippen LogP contribution in [-0.2, 0) is 9.53 Å². The molecule has 0 amide bonds. The molecule has 1 unspecified atom stereocenters. The maximum atomic E-state index is 12.4. The minimum Gasteiger partial charge on any atom is -0.479 e. The van der Waals surface area contributed by atoms with Crippen molar-refractivity contribution in [3.05, 3.63) is 41.6 Å². The topological polar surface area (TPSA) is 92.9 Å². The number of carboxylic acids is 1. The summed E-state index contributed by atoms with van der Waals surface area (Å²) in [5.74, 6) is 0.667. The Bertz CT molecular complexity index is 1160. The molecule has 0 saturated carbocycles. The first-order valence-corrected chi connectivity index (χ1v) is 11.4. The molecule has 3 aromatic rings. The molecule has 0 radical (unpaired) electrons. The molecule has 0 aliphatic carbocycles. The van der Waals surface area contributed by atoms with Gasteiger partial charge in [-0.1, -0.05) is 44.2 Å². The zero-order chi connectivity index (χ0) is 24.0. The molecular weight excluding hydrogens is 418 g/mol. The van der Waals surface area contributed by atoms with Gasteiger partial charge < -0.3 is 14.7 Å². The lowest BCUT2D eigenvalue weighted by molar-refractivity contribution is -0.160. The van der Waals surface area contributed by atoms with E-state index in [0.29, 0.717) is 28.7 Å². The molecule has 0 spiro atoms. The maximum absolute atomic E-state index is 12.4. The van der Waals surface area contributed by atoms with E-state index < -0.39 is 17.7 Å². The molecule has 1 atom stereocenters. The Balaban J connectivity index is 1.97. The van der Waals surface area contributed by atoms with Crippen LogP contribution in [0.5, 0.6) is 0 Å². The van der Waals surface area contributed by atoms with Crippen molar-refractivity contribution in [3.63, 3.8) is 0 Å². The Morgan fingerprint density at radius 3 is 2.48 bits per heavy atom. The molecule has 1 fully saturated rings. The van der Waals surface area contributed by atoms with E-state index >= 15 is 0 Å². The van der Waals surface area contributed by atoms with Crippen LogP contribution in [0.4, 0.5) is 5.82 Å². The summed E-state index contributed by atoms with van der Waals surface area (Å²) in [6, 6.07) is 9.74. The van der Waals surface area contributed by atoms with Crippen molar-refractivity contribution in [3.8, 4) is 11.4 Å². The standard InChI is InChI=1S/C25H33N5O3/c1-16-18(19(22(31)32)33-24(2,3)4)21(29-14-10-13-25(5,6)15-29)30-23(26-16)27-20(28-30)17-11-8-7-9-12-17/h7-9,11-12,19H,10,13-15H2,1-6H3,(H,31,32). The number of aryl methyl sites for hydroxylation is 1. The molecule has 1 aliphatic rings. The Morgan fingerprint density at radius 1 is 1.18 bits per heavy atom. The number of carboxylic acid groups (broad SMARTS) is 1. The van der Waals surface area contributed by atoms with Gasteiger partial charge in [-0.3, -0.25) is 0 Å². The number of piperidine rings is 1. The van der Waals surface area contributed by atoms with Crippen molar-refractivity contribution >= 4 is 17.6 Å². The number of hydrogen-bond acceptors (Lipinski definition) is 6. The molecule has 1 aliphatic heterocycles. The number of nitrogens with zero attached hydrogens (tertiary/aromatic N) is 5. The van der Waals surface area contributed by atoms with Crippen LogP contribution in [0, 0.1) is 12.3 Å². The summed E-state index contributed by atoms with van der Waals surface area (Å²) in [6.07, 6.45) is 0.943. The smallest absolute Gasteiger partial charge is 0.337 e. The van der Waals surface area contributed by atoms with Crippen molar-refractivity contribution in [1.29, 1.82) is 0 Å². The van der Waals surface area contributed by atoms with Crippen LogP contribution < -0.4 is 4.90 Å². The number of aliphatic carboxylic acids is 1. The molecule has 1 aromatic carbocycles. The van der Waals surface area contributed by atoms with Crippen LogP contribution in [0.25, 0.3) is 17.2 Å². The summed E-state index contributed by atoms with van der Waals surface area (Å²) in [6.45, 7) is 13.5. The molecule has 33 heavy (non-hydrogen) atoms. The monoisotopic (exact) mass is 451 g/mol. The third kappa shape index (κ3) is 4.85. The Morgan fingerprint density at radius 2 is 1.88 bits per heavy atom. The summed E-state index contributed by atoms with van der Waals surface area (Å²) < 4.78 is 7.76. The van der Waals surface area contributed by atoms with Gasteiger partial charge in [-0.25, -0.2) is 9.78 Å². The normalized spacial score (nSPS) is 17.3. The van der Waals surface area contributed by atoms with Gasteiger partial charge in [0.05, 0.1) is 16.9 Å². The van der Waals surface area contributed by atoms with E-state index in [1.54, 1.807) is 4.52 Å². The second-order valence-corrected chi connectivity index (χ2v) is 10.6. The minimum absolute atomic E-state index is 0.0888. The van der Waals surface area contributed by atoms with E-state index in [1.807, 2.05) is 58.0 Å². The highest BCUT2D eigenvalue weighted by molar-refractivity contribution is 5.78. The summed E-state index contributed by atoms with van der Waals surface area (Å²) in [7, 11) is 0. The van der Waals surface area contributed by atoms with Gasteiger partial charge in [0, 0.05) is 18.7 Å². The zero-order valence-electron chi connectivity index (χ0n) is 20.3. The fourth-order valence-electron chi connectivity index (χ4n) is 4.52. The van der Waals surface area contributed by atoms with E-state index in [2.05, 4.69) is 28.7 Å². The molecule has 0 bridgehead atoms.